The lowest BCUT2D eigenvalue weighted by molar-refractivity contribution is -0.291. The van der Waals surface area contributed by atoms with E-state index in [1.54, 1.807) is 20.8 Å². The Bertz CT molecular complexity index is 1230. The minimum atomic E-state index is -2.22. The number of aliphatic hydroxyl groups excluding tert-OH is 3. The largest absolute Gasteiger partial charge is 0.444 e. The highest BCUT2D eigenvalue weighted by Crippen LogP contribution is 2.36. The van der Waals surface area contributed by atoms with Crippen LogP contribution >= 0.6 is 0 Å². The summed E-state index contributed by atoms with van der Waals surface area (Å²) >= 11 is 0. The van der Waals surface area contributed by atoms with Crippen LogP contribution in [0, 0.1) is 5.92 Å². The third-order valence-corrected chi connectivity index (χ3v) is 11.6. The van der Waals surface area contributed by atoms with E-state index in [1.807, 2.05) is 0 Å². The highest BCUT2D eigenvalue weighted by atomic mass is 16.6. The Morgan fingerprint density at radius 3 is 1.67 bits per heavy atom. The Morgan fingerprint density at radius 2 is 1.20 bits per heavy atom. The molecule has 0 bridgehead atoms. The van der Waals surface area contributed by atoms with Gasteiger partial charge in [0, 0.05) is 13.0 Å². The van der Waals surface area contributed by atoms with Crippen LogP contribution in [-0.4, -0.2) is 99.4 Å². The molecule has 6 atom stereocenters. The number of nitrogens with zero attached hydrogens (tertiary/aromatic N) is 1. The van der Waals surface area contributed by atoms with Crippen molar-refractivity contribution in [3.8, 4) is 0 Å². The summed E-state index contributed by atoms with van der Waals surface area (Å²) in [6, 6.07) is -1.07. The van der Waals surface area contributed by atoms with Crippen molar-refractivity contribution in [3.63, 3.8) is 0 Å². The molecule has 1 aliphatic heterocycles. The van der Waals surface area contributed by atoms with Gasteiger partial charge in [0.2, 0.25) is 17.7 Å². The van der Waals surface area contributed by atoms with Gasteiger partial charge < -0.3 is 40.3 Å². The van der Waals surface area contributed by atoms with Crippen LogP contribution in [0.25, 0.3) is 0 Å². The summed E-state index contributed by atoms with van der Waals surface area (Å²) in [6.07, 6.45) is 27.0. The number of ether oxygens (including phenoxy) is 2. The lowest BCUT2D eigenvalue weighted by Gasteiger charge is -2.52. The molecule has 1 heterocycles. The lowest BCUT2D eigenvalue weighted by atomic mass is 9.82. The van der Waals surface area contributed by atoms with Crippen molar-refractivity contribution in [2.75, 3.05) is 19.7 Å². The number of nitrogens with one attached hydrogen (secondary N) is 2. The van der Waals surface area contributed by atoms with Crippen LogP contribution in [0.3, 0.4) is 0 Å². The number of Topliss-reactive ketones (excluding diaryl/α,β-unsaturated/α-hetero) is 1. The zero-order valence-corrected chi connectivity index (χ0v) is 39.4. The Hall–Kier alpha value is -2.58. The lowest BCUT2D eigenvalue weighted by Crippen LogP contribution is -2.75. The second-order valence-electron chi connectivity index (χ2n) is 18.4. The van der Waals surface area contributed by atoms with E-state index in [1.165, 1.54) is 95.3 Å². The van der Waals surface area contributed by atoms with Crippen LogP contribution in [0.4, 0.5) is 4.79 Å². The zero-order valence-electron chi connectivity index (χ0n) is 39.4. The molecule has 0 spiro atoms. The summed E-state index contributed by atoms with van der Waals surface area (Å²) in [6.45, 7) is 9.75. The zero-order chi connectivity index (χ0) is 45.5. The summed E-state index contributed by atoms with van der Waals surface area (Å²) in [5.41, 5.74) is 6.16. The number of amides is 3. The first-order valence-corrected chi connectivity index (χ1v) is 24.3. The smallest absolute Gasteiger partial charge is 0.408 e. The predicted octanol–water partition coefficient (Wildman–Crippen LogP) is 8.49. The molecule has 3 amide bonds. The fourth-order valence-corrected chi connectivity index (χ4v) is 7.92. The number of carbonyl (C=O) groups is 4. The van der Waals surface area contributed by atoms with E-state index in [0.29, 0.717) is 12.8 Å². The van der Waals surface area contributed by atoms with Gasteiger partial charge in [0.05, 0.1) is 19.3 Å². The number of allylic oxidation sites excluding steroid dienone is 2. The van der Waals surface area contributed by atoms with Gasteiger partial charge in [-0.25, -0.2) is 4.79 Å². The Morgan fingerprint density at radius 1 is 0.738 bits per heavy atom. The predicted molar refractivity (Wildman–Crippen MR) is 243 cm³/mol. The van der Waals surface area contributed by atoms with Gasteiger partial charge in [0.15, 0.2) is 5.78 Å². The molecule has 13 nitrogen and oxygen atoms in total. The van der Waals surface area contributed by atoms with Crippen molar-refractivity contribution in [2.45, 2.75) is 244 Å². The van der Waals surface area contributed by atoms with E-state index in [4.69, 9.17) is 15.2 Å². The first-order valence-electron chi connectivity index (χ1n) is 24.3. The highest BCUT2D eigenvalue weighted by molar-refractivity contribution is 5.92. The van der Waals surface area contributed by atoms with Gasteiger partial charge >= 0.3 is 6.09 Å². The summed E-state index contributed by atoms with van der Waals surface area (Å²) in [4.78, 5) is 54.6. The quantitative estimate of drug-likeness (QED) is 0.0204. The van der Waals surface area contributed by atoms with Gasteiger partial charge in [-0.2, -0.15) is 0 Å². The molecule has 0 aromatic rings. The molecule has 0 radical (unpaired) electrons. The second-order valence-corrected chi connectivity index (χ2v) is 18.4. The second kappa shape index (κ2) is 33.0. The van der Waals surface area contributed by atoms with Crippen LogP contribution < -0.4 is 16.4 Å². The van der Waals surface area contributed by atoms with Gasteiger partial charge in [-0.3, -0.25) is 20.1 Å². The molecule has 1 aliphatic rings. The Labute approximate surface area is 370 Å². The average molecular weight is 867 g/mol. The summed E-state index contributed by atoms with van der Waals surface area (Å²) < 4.78 is 11.3. The van der Waals surface area contributed by atoms with Gasteiger partial charge in [-0.1, -0.05) is 148 Å². The number of ketones is 1. The van der Waals surface area contributed by atoms with E-state index in [0.717, 1.165) is 64.2 Å². The maximum absolute atomic E-state index is 14.1. The Kier molecular flexibility index (Phi) is 30.5. The number of hydrogen-bond acceptors (Lipinski definition) is 10. The summed E-state index contributed by atoms with van der Waals surface area (Å²) in [7, 11) is 0. The molecule has 0 aromatic heterocycles. The molecular weight excluding hydrogens is 777 g/mol. The van der Waals surface area contributed by atoms with Gasteiger partial charge in [0.1, 0.15) is 29.8 Å². The molecule has 0 aromatic carbocycles. The van der Waals surface area contributed by atoms with Crippen molar-refractivity contribution in [1.29, 1.82) is 0 Å². The highest BCUT2D eigenvalue weighted by Gasteiger charge is 2.58. The number of hydrogen-bond donors (Lipinski definition) is 6. The van der Waals surface area contributed by atoms with E-state index in [2.05, 4.69) is 36.6 Å². The number of alkyl carbamates (subject to hydrolysis) is 1. The molecule has 0 saturated carbocycles. The maximum Gasteiger partial charge on any atom is 0.408 e. The molecule has 0 aliphatic carbocycles. The molecule has 13 heteroatoms. The van der Waals surface area contributed by atoms with Crippen LogP contribution in [-0.2, 0) is 23.9 Å². The van der Waals surface area contributed by atoms with E-state index >= 15 is 0 Å². The van der Waals surface area contributed by atoms with Crippen LogP contribution in [0.1, 0.15) is 208 Å². The SMILES string of the molecule is CCCCCCCC/C=C\CCCCCCCC(=O)N(CCCCCCCCCCCCCC)[C@]1(N)O[C@H](CO)[C@@H](O)[C@H](O)[C@H]1C(=O)CNC(=O)[C@H](C)NC(=O)OC(C)(C)C. The topological polar surface area (TPSA) is 201 Å². The minimum Gasteiger partial charge on any atom is -0.444 e. The molecule has 1 saturated heterocycles. The minimum absolute atomic E-state index is 0.145. The third-order valence-electron chi connectivity index (χ3n) is 11.6. The van der Waals surface area contributed by atoms with Gasteiger partial charge in [-0.15, -0.1) is 0 Å². The monoisotopic (exact) mass is 867 g/mol. The molecule has 61 heavy (non-hydrogen) atoms. The van der Waals surface area contributed by atoms with E-state index in [-0.39, 0.29) is 18.9 Å². The molecule has 0 unspecified atom stereocenters. The van der Waals surface area contributed by atoms with Crippen LogP contribution in [0.15, 0.2) is 12.2 Å². The first-order chi connectivity index (χ1) is 29.1. The fraction of sp³-hybridized carbons (Fsp3) is 0.875. The molecule has 1 fully saturated rings. The Balaban J connectivity index is 2.96. The molecular formula is C48H90N4O9. The average Bonchev–Trinajstić information content (AvgIpc) is 3.20. The van der Waals surface area contributed by atoms with Crippen molar-refractivity contribution >= 4 is 23.7 Å². The maximum atomic E-state index is 14.1. The van der Waals surface area contributed by atoms with Crippen LogP contribution in [0.5, 0.6) is 0 Å². The number of nitrogens with two attached hydrogens (primary N) is 1. The summed E-state index contributed by atoms with van der Waals surface area (Å²) in [5, 5.41) is 37.3. The summed E-state index contributed by atoms with van der Waals surface area (Å²) in [5.74, 6) is -5.70. The van der Waals surface area contributed by atoms with Crippen molar-refractivity contribution < 1.29 is 44.0 Å². The van der Waals surface area contributed by atoms with Gasteiger partial charge in [0.25, 0.3) is 0 Å². The van der Waals surface area contributed by atoms with E-state index < -0.39 is 72.7 Å². The standard InChI is InChI=1S/C48H90N4O9/c1-7-9-11-13-15-17-19-21-22-23-24-26-28-30-32-34-41(55)52(35-33-31-29-27-25-20-18-16-14-12-10-8-2)48(49)42(44(57)43(56)40(37-53)60-48)39(54)36-50-45(58)38(3)51-46(59)61-47(4,5)6/h21-22,38,40,42-44,53,56-57H,7-20,23-37,49H2,1-6H3,(H,50,58)(H,51,59)/b22-21-/t38-,40+,42+,43+,44+,48-/m0/s1. The van der Waals surface area contributed by atoms with Crippen LogP contribution in [0.2, 0.25) is 0 Å². The van der Waals surface area contributed by atoms with Crippen molar-refractivity contribution in [3.05, 3.63) is 12.2 Å². The number of aliphatic hydroxyl groups is 3. The van der Waals surface area contributed by atoms with Gasteiger partial charge in [-0.05, 0) is 66.2 Å². The number of unbranched alkanes of at least 4 members (excludes halogenated alkanes) is 22. The molecule has 7 N–H and O–H groups in total. The first kappa shape index (κ1) is 56.4. The number of rotatable bonds is 35. The van der Waals surface area contributed by atoms with Crippen molar-refractivity contribution in [2.24, 2.45) is 11.7 Å². The van der Waals surface area contributed by atoms with E-state index in [9.17, 15) is 34.5 Å². The molecule has 1 rings (SSSR count). The number of carbonyl (C=O) groups excluding carboxylic acids is 4. The fourth-order valence-electron chi connectivity index (χ4n) is 7.92. The third kappa shape index (κ3) is 24.2. The van der Waals surface area contributed by atoms with Crippen molar-refractivity contribution in [1.82, 2.24) is 15.5 Å². The normalized spacial score (nSPS) is 21.0. The molecule has 356 valence electrons.